The van der Waals surface area contributed by atoms with Gasteiger partial charge in [-0.2, -0.15) is 30.7 Å². The van der Waals surface area contributed by atoms with E-state index in [0.29, 0.717) is 5.65 Å². The van der Waals surface area contributed by atoms with Crippen LogP contribution in [0.15, 0.2) is 89.1 Å². The van der Waals surface area contributed by atoms with Crippen molar-refractivity contribution in [2.45, 2.75) is 25.3 Å². The fraction of sp³-hybridized carbons (Fsp3) is 0.160. The maximum absolute atomic E-state index is 13.2. The number of fused-ring (bicyclic) bond motifs is 1. The number of benzene rings is 2. The molecule has 0 saturated heterocycles. The summed E-state index contributed by atoms with van der Waals surface area (Å²) in [6, 6.07) is 13.8. The molecule has 0 aliphatic carbocycles. The van der Waals surface area contributed by atoms with Crippen LogP contribution < -0.4 is 14.8 Å². The third kappa shape index (κ3) is 5.56. The van der Waals surface area contributed by atoms with E-state index in [-0.39, 0.29) is 29.8 Å². The molecule has 0 atom stereocenters. The zero-order valence-electron chi connectivity index (χ0n) is 18.4. The van der Waals surface area contributed by atoms with Crippen LogP contribution in [0.5, 0.6) is 5.75 Å². The highest BCUT2D eigenvalue weighted by atomic mass is 19.4. The molecule has 11 heteroatoms. The van der Waals surface area contributed by atoms with Crippen molar-refractivity contribution < 1.29 is 35.6 Å². The summed E-state index contributed by atoms with van der Waals surface area (Å²) in [4.78, 5) is 18.0. The Morgan fingerprint density at radius 2 is 1.58 bits per heavy atom. The van der Waals surface area contributed by atoms with Crippen molar-refractivity contribution in [1.82, 2.24) is 4.57 Å². The first kappa shape index (κ1) is 25.0. The van der Waals surface area contributed by atoms with Gasteiger partial charge in [0.25, 0.3) is 5.65 Å². The van der Waals surface area contributed by atoms with Crippen LogP contribution in [0, 0.1) is 0 Å². The van der Waals surface area contributed by atoms with Crippen LogP contribution in [0.25, 0.3) is 16.8 Å². The number of hydrogen-bond acceptors (Lipinski definition) is 3. The summed E-state index contributed by atoms with van der Waals surface area (Å²) in [7, 11) is 0. The Kier molecular flexibility index (Phi) is 6.82. The summed E-state index contributed by atoms with van der Waals surface area (Å²) in [6.45, 7) is 0.259. The standard InChI is InChI=1S/C25H18F6N3O2/c26-24(27,28)18-7-3-6-17(14-18)21-16-33(22-10-1-2-13-34(22)23(21)35)12-5-11-32-36-20-9-4-8-19(15-20)25(29,30)31/h1-4,6-11,13-16H,5,12H2/q+1/b32-11-. The number of rotatable bonds is 6. The second-order valence-corrected chi connectivity index (χ2v) is 7.74. The SMILES string of the molecule is O=c1c(-c2cccc(C(F)(F)F)c2)cn(CC/C=N\Oc2cccc(C(F)(F)F)c2)c2cccc[n+]12. The molecule has 5 nitrogen and oxygen atoms in total. The van der Waals surface area contributed by atoms with Crippen LogP contribution >= 0.6 is 0 Å². The molecule has 186 valence electrons. The minimum absolute atomic E-state index is 0.0713. The highest BCUT2D eigenvalue weighted by molar-refractivity contribution is 5.63. The number of nitrogens with zero attached hydrogens (tertiary/aromatic N) is 3. The number of oxime groups is 1. The lowest BCUT2D eigenvalue weighted by Crippen LogP contribution is -2.43. The Bertz CT molecular complexity index is 1480. The molecule has 2 aromatic heterocycles. The average Bonchev–Trinajstić information content (AvgIpc) is 2.84. The number of aryl methyl sites for hydroxylation is 1. The minimum Gasteiger partial charge on any atom is -0.357 e. The Balaban J connectivity index is 1.58. The second kappa shape index (κ2) is 9.84. The second-order valence-electron chi connectivity index (χ2n) is 7.74. The molecule has 0 unspecified atom stereocenters. The van der Waals surface area contributed by atoms with Crippen molar-refractivity contribution in [3.8, 4) is 16.9 Å². The van der Waals surface area contributed by atoms with Crippen LogP contribution in [-0.4, -0.2) is 10.8 Å². The van der Waals surface area contributed by atoms with Crippen molar-refractivity contribution in [2.75, 3.05) is 0 Å². The van der Waals surface area contributed by atoms with E-state index >= 15 is 0 Å². The summed E-state index contributed by atoms with van der Waals surface area (Å²) in [6.07, 6.45) is -4.49. The zero-order valence-corrected chi connectivity index (χ0v) is 18.4. The Hall–Kier alpha value is -4.15. The van der Waals surface area contributed by atoms with E-state index in [1.54, 1.807) is 22.8 Å². The van der Waals surface area contributed by atoms with Crippen molar-refractivity contribution in [2.24, 2.45) is 5.16 Å². The molecule has 0 N–H and O–H groups in total. The van der Waals surface area contributed by atoms with Crippen LogP contribution in [0.1, 0.15) is 17.5 Å². The van der Waals surface area contributed by atoms with E-state index in [1.807, 2.05) is 0 Å². The van der Waals surface area contributed by atoms with Gasteiger partial charge in [0.2, 0.25) is 0 Å². The summed E-state index contributed by atoms with van der Waals surface area (Å²) >= 11 is 0. The van der Waals surface area contributed by atoms with E-state index in [1.165, 1.54) is 47.3 Å². The van der Waals surface area contributed by atoms with Gasteiger partial charge in [-0.15, -0.1) is 0 Å². The lowest BCUT2D eigenvalue weighted by atomic mass is 10.1. The fourth-order valence-electron chi connectivity index (χ4n) is 3.56. The first-order chi connectivity index (χ1) is 17.0. The first-order valence-corrected chi connectivity index (χ1v) is 10.6. The fourth-order valence-corrected chi connectivity index (χ4v) is 3.56. The first-order valence-electron chi connectivity index (χ1n) is 10.6. The number of pyridine rings is 1. The van der Waals surface area contributed by atoms with Gasteiger partial charge in [0.05, 0.1) is 23.9 Å². The molecular formula is C25H18F6N3O2+. The Labute approximate surface area is 200 Å². The van der Waals surface area contributed by atoms with Crippen LogP contribution in [0.2, 0.25) is 0 Å². The van der Waals surface area contributed by atoms with Crippen molar-refractivity contribution >= 4 is 11.9 Å². The average molecular weight is 506 g/mol. The Morgan fingerprint density at radius 1 is 0.889 bits per heavy atom. The summed E-state index contributed by atoms with van der Waals surface area (Å²) < 4.78 is 81.0. The maximum Gasteiger partial charge on any atom is 0.416 e. The van der Waals surface area contributed by atoms with Gasteiger partial charge in [-0.05, 0) is 42.0 Å². The molecule has 2 aromatic carbocycles. The normalized spacial score (nSPS) is 12.4. The lowest BCUT2D eigenvalue weighted by Gasteiger charge is -2.09. The third-order valence-corrected chi connectivity index (χ3v) is 5.26. The topological polar surface area (TPSA) is 47.7 Å². The lowest BCUT2D eigenvalue weighted by molar-refractivity contribution is -0.531. The molecule has 0 spiro atoms. The predicted molar refractivity (Wildman–Crippen MR) is 119 cm³/mol. The van der Waals surface area contributed by atoms with Crippen molar-refractivity contribution in [1.29, 1.82) is 0 Å². The smallest absolute Gasteiger partial charge is 0.357 e. The van der Waals surface area contributed by atoms with Gasteiger partial charge in [0.1, 0.15) is 11.8 Å². The van der Waals surface area contributed by atoms with Gasteiger partial charge >= 0.3 is 17.9 Å². The zero-order chi connectivity index (χ0) is 25.9. The van der Waals surface area contributed by atoms with E-state index in [2.05, 4.69) is 5.16 Å². The molecule has 0 saturated carbocycles. The highest BCUT2D eigenvalue weighted by Crippen LogP contribution is 2.32. The van der Waals surface area contributed by atoms with Crippen molar-refractivity contribution in [3.63, 3.8) is 0 Å². The van der Waals surface area contributed by atoms with E-state index in [0.717, 1.165) is 24.3 Å². The monoisotopic (exact) mass is 506 g/mol. The van der Waals surface area contributed by atoms with Gasteiger partial charge in [-0.3, -0.25) is 0 Å². The van der Waals surface area contributed by atoms with Gasteiger partial charge < -0.3 is 4.84 Å². The molecule has 0 radical (unpaired) electrons. The summed E-state index contributed by atoms with van der Waals surface area (Å²) in [5.41, 5.74) is -1.55. The quantitative estimate of drug-likeness (QED) is 0.145. The largest absolute Gasteiger partial charge is 0.416 e. The molecular weight excluding hydrogens is 488 g/mol. The molecule has 36 heavy (non-hydrogen) atoms. The van der Waals surface area contributed by atoms with Crippen LogP contribution in [0.3, 0.4) is 0 Å². The van der Waals surface area contributed by atoms with E-state index in [9.17, 15) is 31.1 Å². The Morgan fingerprint density at radius 3 is 2.31 bits per heavy atom. The minimum atomic E-state index is -4.56. The van der Waals surface area contributed by atoms with Crippen LogP contribution in [-0.2, 0) is 18.9 Å². The third-order valence-electron chi connectivity index (χ3n) is 5.26. The van der Waals surface area contributed by atoms with Crippen molar-refractivity contribution in [3.05, 3.63) is 101 Å². The van der Waals surface area contributed by atoms with Gasteiger partial charge in [-0.1, -0.05) is 29.4 Å². The summed E-state index contributed by atoms with van der Waals surface area (Å²) in [5.74, 6) is -0.0859. The number of aromatic nitrogens is 2. The van der Waals surface area contributed by atoms with E-state index in [4.69, 9.17) is 4.84 Å². The molecule has 0 amide bonds. The molecule has 0 aliphatic rings. The predicted octanol–water partition coefficient (Wildman–Crippen LogP) is 5.75. The molecule has 4 aromatic rings. The van der Waals surface area contributed by atoms with E-state index < -0.39 is 29.0 Å². The molecule has 2 heterocycles. The highest BCUT2D eigenvalue weighted by Gasteiger charge is 2.31. The van der Waals surface area contributed by atoms with Crippen LogP contribution in [0.4, 0.5) is 26.3 Å². The summed E-state index contributed by atoms with van der Waals surface area (Å²) in [5, 5.41) is 3.70. The molecule has 0 bridgehead atoms. The molecule has 0 fully saturated rings. The number of hydrogen-bond donors (Lipinski definition) is 0. The van der Waals surface area contributed by atoms with Gasteiger partial charge in [0.15, 0.2) is 5.75 Å². The maximum atomic E-state index is 13.2. The van der Waals surface area contributed by atoms with Gasteiger partial charge in [-0.25, -0.2) is 9.36 Å². The molecule has 4 rings (SSSR count). The number of halogens is 6. The van der Waals surface area contributed by atoms with Gasteiger partial charge in [0, 0.05) is 18.7 Å². The number of alkyl halides is 6. The molecule has 0 aliphatic heterocycles.